The summed E-state index contributed by atoms with van der Waals surface area (Å²) in [5.74, 6) is -2.72. The maximum absolute atomic E-state index is 13.7. The number of likely N-dealkylation sites (N-methyl/N-ethyl adjacent to an activating group) is 1. The molecule has 0 amide bonds. The van der Waals surface area contributed by atoms with E-state index >= 15 is 0 Å². The Morgan fingerprint density at radius 1 is 0.950 bits per heavy atom. The Hall–Kier alpha value is -2.60. The van der Waals surface area contributed by atoms with Gasteiger partial charge in [-0.2, -0.15) is 0 Å². The van der Waals surface area contributed by atoms with Crippen molar-refractivity contribution in [2.75, 3.05) is 33.8 Å². The van der Waals surface area contributed by atoms with Crippen LogP contribution in [0.15, 0.2) is 54.1 Å². The monoisotopic (exact) mass is 847 g/mol. The molecule has 0 spiro atoms. The normalized spacial score (nSPS) is 40.5. The molecule has 2 saturated heterocycles. The number of rotatable bonds is 13. The van der Waals surface area contributed by atoms with Crippen molar-refractivity contribution >= 4 is 11.8 Å². The minimum absolute atomic E-state index is 0.000479. The number of aliphatic hydroxyl groups excluding tert-OH is 4. The Labute approximate surface area is 357 Å². The SMILES string of the molecule is CC[C@H]1OC(=O)C[C@@H](O)[C@H](C)[C@@H](O[C@@H]2O[C@H](C)[C@@H](O[C@H]3C[C@@](C)(O)[C@@H](O)[C@H](C)O3)[C@H](N(C)C)[C@H]2O)[C@@H](CCNCCc2ccccc2)C[C@@H](C)C(=O)/C=C/C(C)=C/[C@@H]1CO. The van der Waals surface area contributed by atoms with Crippen LogP contribution < -0.4 is 5.32 Å². The van der Waals surface area contributed by atoms with Crippen molar-refractivity contribution in [3.05, 3.63) is 59.7 Å². The lowest BCUT2D eigenvalue weighted by Crippen LogP contribution is -2.65. The Morgan fingerprint density at radius 3 is 2.28 bits per heavy atom. The van der Waals surface area contributed by atoms with Gasteiger partial charge >= 0.3 is 5.97 Å². The van der Waals surface area contributed by atoms with Crippen LogP contribution >= 0.6 is 0 Å². The number of carbonyl (C=O) groups is 2. The summed E-state index contributed by atoms with van der Waals surface area (Å²) in [6.07, 6.45) is -2.38. The highest BCUT2D eigenvalue weighted by atomic mass is 16.7. The van der Waals surface area contributed by atoms with Crippen molar-refractivity contribution in [1.29, 1.82) is 0 Å². The smallest absolute Gasteiger partial charge is 0.308 e. The quantitative estimate of drug-likeness (QED) is 0.125. The highest BCUT2D eigenvalue weighted by Gasteiger charge is 2.51. The van der Waals surface area contributed by atoms with Gasteiger partial charge in [0.15, 0.2) is 18.4 Å². The van der Waals surface area contributed by atoms with Crippen LogP contribution in [0.1, 0.15) is 86.1 Å². The van der Waals surface area contributed by atoms with Gasteiger partial charge in [0.25, 0.3) is 0 Å². The van der Waals surface area contributed by atoms with Gasteiger partial charge in [0.1, 0.15) is 24.4 Å². The molecule has 3 aliphatic rings. The van der Waals surface area contributed by atoms with Crippen LogP contribution in [-0.4, -0.2) is 149 Å². The molecular weight excluding hydrogens is 773 g/mol. The van der Waals surface area contributed by atoms with E-state index in [2.05, 4.69) is 17.4 Å². The van der Waals surface area contributed by atoms with Gasteiger partial charge in [-0.15, -0.1) is 0 Å². The largest absolute Gasteiger partial charge is 0.462 e. The first-order valence-electron chi connectivity index (χ1n) is 21.9. The van der Waals surface area contributed by atoms with Crippen LogP contribution in [-0.2, 0) is 39.7 Å². The van der Waals surface area contributed by atoms with Crippen LogP contribution in [0.5, 0.6) is 0 Å². The summed E-state index contributed by atoms with van der Waals surface area (Å²) >= 11 is 0. The molecular formula is C46H74N2O12. The maximum Gasteiger partial charge on any atom is 0.308 e. The van der Waals surface area contributed by atoms with Crippen LogP contribution in [0.4, 0.5) is 0 Å². The molecule has 60 heavy (non-hydrogen) atoms. The minimum atomic E-state index is -1.46. The zero-order valence-electron chi connectivity index (χ0n) is 37.2. The number of cyclic esters (lactones) is 1. The van der Waals surface area contributed by atoms with E-state index in [-0.39, 0.29) is 31.1 Å². The van der Waals surface area contributed by atoms with Gasteiger partial charge in [0.2, 0.25) is 0 Å². The Bertz CT molecular complexity index is 1540. The standard InChI is InChI=1S/C46H74N2O12/c1-10-37-34(26-49)22-27(2)16-17-35(50)28(3)23-33(19-21-47-20-18-32-14-12-11-13-15-32)42(29(4)36(51)24-38(52)58-37)60-45-41(53)40(48(8)9)43(30(5)57-45)59-39-25-46(7,55)44(54)31(6)56-39/h11-17,22,28-31,33-34,36-37,39-45,47,49,51,53-55H,10,18-21,23-26H2,1-9H3/b17-16+,27-22+/t28-,29+,30-,31+,33+,34-,36-,37-,39+,40-,41-,42-,43-,44+,45+,46-/m1/s1. The van der Waals surface area contributed by atoms with Gasteiger partial charge in [0, 0.05) is 24.2 Å². The number of benzene rings is 1. The fraction of sp³-hybridized carbons (Fsp3) is 0.739. The van der Waals surface area contributed by atoms with Crippen molar-refractivity contribution < 1.29 is 58.8 Å². The number of nitrogens with one attached hydrogen (secondary N) is 1. The Kier molecular flexibility index (Phi) is 19.3. The molecule has 0 aliphatic carbocycles. The lowest BCUT2D eigenvalue weighted by molar-refractivity contribution is -0.342. The molecule has 0 unspecified atom stereocenters. The fourth-order valence-electron chi connectivity index (χ4n) is 8.90. The molecule has 0 radical (unpaired) electrons. The van der Waals surface area contributed by atoms with Crippen LogP contribution in [0.3, 0.4) is 0 Å². The van der Waals surface area contributed by atoms with Gasteiger partial charge in [-0.1, -0.05) is 68.8 Å². The number of carbonyl (C=O) groups excluding carboxylic acids is 2. The van der Waals surface area contributed by atoms with E-state index in [0.717, 1.165) is 12.0 Å². The summed E-state index contributed by atoms with van der Waals surface area (Å²) in [7, 11) is 3.61. The molecule has 3 aliphatic heterocycles. The molecule has 16 atom stereocenters. The average molecular weight is 847 g/mol. The van der Waals surface area contributed by atoms with Crippen molar-refractivity contribution in [1.82, 2.24) is 10.2 Å². The fourth-order valence-corrected chi connectivity index (χ4v) is 8.90. The highest BCUT2D eigenvalue weighted by molar-refractivity contribution is 5.91. The summed E-state index contributed by atoms with van der Waals surface area (Å²) in [5, 5.41) is 59.1. The number of allylic oxidation sites excluding steroid dienone is 3. The lowest BCUT2D eigenvalue weighted by atomic mass is 9.79. The number of hydrogen-bond donors (Lipinski definition) is 6. The zero-order valence-corrected chi connectivity index (χ0v) is 37.2. The molecule has 1 aromatic carbocycles. The first-order chi connectivity index (χ1) is 28.4. The number of hydrogen-bond acceptors (Lipinski definition) is 14. The van der Waals surface area contributed by atoms with Crippen LogP contribution in [0.25, 0.3) is 0 Å². The molecule has 0 saturated carbocycles. The van der Waals surface area contributed by atoms with E-state index in [1.807, 2.05) is 43.9 Å². The minimum Gasteiger partial charge on any atom is -0.462 e. The number of ketones is 1. The lowest BCUT2D eigenvalue weighted by Gasteiger charge is -2.50. The molecule has 3 heterocycles. The second-order valence-corrected chi connectivity index (χ2v) is 17.9. The van der Waals surface area contributed by atoms with E-state index in [1.165, 1.54) is 12.5 Å². The molecule has 14 heteroatoms. The van der Waals surface area contributed by atoms with Gasteiger partial charge in [0.05, 0.1) is 49.1 Å². The van der Waals surface area contributed by atoms with E-state index < -0.39 is 96.8 Å². The van der Waals surface area contributed by atoms with Gasteiger partial charge in [-0.05, 0) is 98.1 Å². The van der Waals surface area contributed by atoms with E-state index in [0.29, 0.717) is 32.4 Å². The number of esters is 1. The highest BCUT2D eigenvalue weighted by Crippen LogP contribution is 2.37. The number of aliphatic hydroxyl groups is 5. The molecule has 0 aromatic heterocycles. The van der Waals surface area contributed by atoms with Gasteiger partial charge < -0.3 is 59.4 Å². The first-order valence-corrected chi connectivity index (χ1v) is 21.9. The number of ether oxygens (including phenoxy) is 5. The van der Waals surface area contributed by atoms with E-state index in [9.17, 15) is 35.1 Å². The van der Waals surface area contributed by atoms with Crippen LogP contribution in [0.2, 0.25) is 0 Å². The second-order valence-electron chi connectivity index (χ2n) is 17.9. The van der Waals surface area contributed by atoms with Gasteiger partial charge in [-0.3, -0.25) is 9.59 Å². The van der Waals surface area contributed by atoms with Crippen molar-refractivity contribution in [2.24, 2.45) is 23.7 Å². The van der Waals surface area contributed by atoms with E-state index in [1.54, 1.807) is 53.1 Å². The van der Waals surface area contributed by atoms with Gasteiger partial charge in [-0.25, -0.2) is 0 Å². The first kappa shape index (κ1) is 50.0. The third kappa shape index (κ3) is 13.7. The summed E-state index contributed by atoms with van der Waals surface area (Å²) in [4.78, 5) is 29.0. The van der Waals surface area contributed by atoms with Crippen LogP contribution in [0, 0.1) is 23.7 Å². The average Bonchev–Trinajstić information content (AvgIpc) is 3.19. The molecule has 2 fully saturated rings. The number of nitrogens with zero attached hydrogens (tertiary/aromatic N) is 1. The van der Waals surface area contributed by atoms with Crippen molar-refractivity contribution in [3.63, 3.8) is 0 Å². The van der Waals surface area contributed by atoms with E-state index in [4.69, 9.17) is 23.7 Å². The molecule has 1 aromatic rings. The predicted octanol–water partition coefficient (Wildman–Crippen LogP) is 3.31. The predicted molar refractivity (Wildman–Crippen MR) is 226 cm³/mol. The third-order valence-corrected chi connectivity index (χ3v) is 12.6. The zero-order chi connectivity index (χ0) is 44.3. The molecule has 14 nitrogen and oxygen atoms in total. The van der Waals surface area contributed by atoms with Crippen molar-refractivity contribution in [2.45, 2.75) is 160 Å². The van der Waals surface area contributed by atoms with Crippen molar-refractivity contribution in [3.8, 4) is 0 Å². The second kappa shape index (κ2) is 23.2. The molecule has 0 bridgehead atoms. The Morgan fingerprint density at radius 2 is 1.65 bits per heavy atom. The summed E-state index contributed by atoms with van der Waals surface area (Å²) in [6.45, 7) is 13.4. The Balaban J connectivity index is 1.66. The topological polar surface area (TPSA) is 197 Å². The molecule has 4 rings (SSSR count). The molecule has 6 N–H and O–H groups in total. The third-order valence-electron chi connectivity index (χ3n) is 12.6. The maximum atomic E-state index is 13.7. The summed E-state index contributed by atoms with van der Waals surface area (Å²) in [5.41, 5.74) is 0.487. The summed E-state index contributed by atoms with van der Waals surface area (Å²) < 4.78 is 31.5. The summed E-state index contributed by atoms with van der Waals surface area (Å²) in [6, 6.07) is 9.48. The molecule has 340 valence electrons.